The van der Waals surface area contributed by atoms with Gasteiger partial charge in [0.05, 0.1) is 6.10 Å². The number of hydrogen-bond donors (Lipinski definition) is 1. The molecule has 1 nitrogen and oxygen atoms in total. The Morgan fingerprint density at radius 3 is 2.65 bits per heavy atom. The zero-order chi connectivity index (χ0) is 14.0. The van der Waals surface area contributed by atoms with E-state index in [2.05, 4.69) is 26.0 Å². The first-order valence-corrected chi connectivity index (χ1v) is 8.91. The van der Waals surface area contributed by atoms with E-state index < -0.39 is 0 Å². The summed E-state index contributed by atoms with van der Waals surface area (Å²) in [7, 11) is 0. The highest BCUT2D eigenvalue weighted by atomic mass is 16.3. The van der Waals surface area contributed by atoms with Gasteiger partial charge in [0.1, 0.15) is 0 Å². The van der Waals surface area contributed by atoms with Crippen molar-refractivity contribution in [3.8, 4) is 0 Å². The van der Waals surface area contributed by atoms with Gasteiger partial charge in [0.2, 0.25) is 0 Å². The van der Waals surface area contributed by atoms with Crippen molar-refractivity contribution in [2.75, 3.05) is 0 Å². The topological polar surface area (TPSA) is 20.2 Å². The van der Waals surface area contributed by atoms with Crippen LogP contribution in [0.3, 0.4) is 0 Å². The van der Waals surface area contributed by atoms with Crippen molar-refractivity contribution in [2.45, 2.75) is 71.3 Å². The molecular weight excluding hydrogens is 244 g/mol. The number of fused-ring (bicyclic) bond motifs is 5. The van der Waals surface area contributed by atoms with Crippen molar-refractivity contribution >= 4 is 0 Å². The molecule has 4 rings (SSSR count). The predicted molar refractivity (Wildman–Crippen MR) is 82.3 cm³/mol. The van der Waals surface area contributed by atoms with Crippen molar-refractivity contribution in [1.82, 2.24) is 0 Å². The van der Waals surface area contributed by atoms with E-state index >= 15 is 0 Å². The quantitative estimate of drug-likeness (QED) is 0.642. The molecule has 2 unspecified atom stereocenters. The molecule has 4 aliphatic carbocycles. The summed E-state index contributed by atoms with van der Waals surface area (Å²) in [6.07, 6.45) is 15.6. The molecule has 0 radical (unpaired) electrons. The molecule has 1 heteroatoms. The summed E-state index contributed by atoms with van der Waals surface area (Å²) >= 11 is 0. The Balaban J connectivity index is 1.68. The van der Waals surface area contributed by atoms with E-state index in [0.29, 0.717) is 5.41 Å². The van der Waals surface area contributed by atoms with Crippen molar-refractivity contribution in [1.29, 1.82) is 0 Å². The first kappa shape index (κ1) is 13.4. The van der Waals surface area contributed by atoms with E-state index in [1.54, 1.807) is 0 Å². The summed E-state index contributed by atoms with van der Waals surface area (Å²) in [5.41, 5.74) is 0.707. The Labute approximate surface area is 123 Å². The van der Waals surface area contributed by atoms with Gasteiger partial charge >= 0.3 is 0 Å². The first-order chi connectivity index (χ1) is 9.56. The molecule has 0 aliphatic heterocycles. The maximum Gasteiger partial charge on any atom is 0.0596 e. The first-order valence-electron chi connectivity index (χ1n) is 8.91. The van der Waals surface area contributed by atoms with Gasteiger partial charge in [0, 0.05) is 0 Å². The fourth-order valence-electron chi connectivity index (χ4n) is 6.79. The normalized spacial score (nSPS) is 57.9. The average Bonchev–Trinajstić information content (AvgIpc) is 2.74. The van der Waals surface area contributed by atoms with Crippen LogP contribution < -0.4 is 0 Å². The van der Waals surface area contributed by atoms with Crippen molar-refractivity contribution in [3.05, 3.63) is 12.2 Å². The van der Waals surface area contributed by atoms with Crippen LogP contribution in [0.25, 0.3) is 0 Å². The number of aliphatic hydroxyl groups excluding tert-OH is 1. The summed E-state index contributed by atoms with van der Waals surface area (Å²) < 4.78 is 0. The SMILES string of the molecule is C[C@]12C=CCCC1CC[C@@H]1[C@@H]2CC[C@]2(C)C(O)CC[C@@H]12. The van der Waals surface area contributed by atoms with E-state index in [0.717, 1.165) is 30.1 Å². The van der Waals surface area contributed by atoms with Gasteiger partial charge in [-0.1, -0.05) is 26.0 Å². The second-order valence-corrected chi connectivity index (χ2v) is 8.63. The van der Waals surface area contributed by atoms with E-state index in [1.807, 2.05) is 0 Å². The number of rotatable bonds is 0. The van der Waals surface area contributed by atoms with Crippen molar-refractivity contribution < 1.29 is 5.11 Å². The molecule has 0 spiro atoms. The number of hydrogen-bond acceptors (Lipinski definition) is 1. The van der Waals surface area contributed by atoms with Gasteiger partial charge in [-0.15, -0.1) is 0 Å². The summed E-state index contributed by atoms with van der Waals surface area (Å²) in [5, 5.41) is 10.5. The summed E-state index contributed by atoms with van der Waals surface area (Å²) in [5.74, 6) is 3.50. The summed E-state index contributed by atoms with van der Waals surface area (Å²) in [6.45, 7) is 4.94. The van der Waals surface area contributed by atoms with Crippen LogP contribution in [0.15, 0.2) is 12.2 Å². The molecular formula is C19H30O. The van der Waals surface area contributed by atoms with Gasteiger partial charge in [0.15, 0.2) is 0 Å². The third kappa shape index (κ3) is 1.59. The fraction of sp³-hybridized carbons (Fsp3) is 0.895. The van der Waals surface area contributed by atoms with E-state index in [-0.39, 0.29) is 11.5 Å². The van der Waals surface area contributed by atoms with Crippen molar-refractivity contribution in [3.63, 3.8) is 0 Å². The molecule has 3 saturated carbocycles. The molecule has 0 bridgehead atoms. The third-order valence-corrected chi connectivity index (χ3v) is 8.07. The van der Waals surface area contributed by atoms with E-state index in [1.165, 1.54) is 44.9 Å². The minimum absolute atomic E-state index is 0.0270. The van der Waals surface area contributed by atoms with Gasteiger partial charge in [-0.05, 0) is 85.9 Å². The van der Waals surface area contributed by atoms with Crippen LogP contribution in [-0.2, 0) is 0 Å². The molecule has 0 amide bonds. The van der Waals surface area contributed by atoms with Gasteiger partial charge in [-0.25, -0.2) is 0 Å². The van der Waals surface area contributed by atoms with E-state index in [4.69, 9.17) is 0 Å². The average molecular weight is 274 g/mol. The van der Waals surface area contributed by atoms with Gasteiger partial charge < -0.3 is 5.11 Å². The lowest BCUT2D eigenvalue weighted by molar-refractivity contribution is -0.0944. The van der Waals surface area contributed by atoms with Crippen LogP contribution in [-0.4, -0.2) is 11.2 Å². The number of aliphatic hydroxyl groups is 1. The molecule has 4 aliphatic rings. The zero-order valence-corrected chi connectivity index (χ0v) is 13.1. The molecule has 0 aromatic rings. The van der Waals surface area contributed by atoms with Crippen LogP contribution in [0, 0.1) is 34.5 Å². The molecule has 7 atom stereocenters. The molecule has 0 saturated heterocycles. The van der Waals surface area contributed by atoms with Crippen LogP contribution in [0.1, 0.15) is 65.2 Å². The Bertz CT molecular complexity index is 427. The minimum atomic E-state index is -0.0270. The van der Waals surface area contributed by atoms with Gasteiger partial charge in [-0.3, -0.25) is 0 Å². The lowest BCUT2D eigenvalue weighted by atomic mass is 9.46. The standard InChI is InChI=1S/C19H30O/c1-18-11-4-3-5-13(18)6-7-14-15-8-9-17(20)19(15,2)12-10-16(14)18/h4,11,13-17,20H,3,5-10,12H2,1-2H3/t13?,14-,15-,16-,17?,18-,19-/m0/s1. The molecule has 3 fully saturated rings. The number of allylic oxidation sites excluding steroid dienone is 2. The second-order valence-electron chi connectivity index (χ2n) is 8.63. The van der Waals surface area contributed by atoms with Crippen LogP contribution in [0.4, 0.5) is 0 Å². The van der Waals surface area contributed by atoms with Crippen LogP contribution >= 0.6 is 0 Å². The lowest BCUT2D eigenvalue weighted by Gasteiger charge is -2.58. The maximum atomic E-state index is 10.5. The maximum absolute atomic E-state index is 10.5. The molecule has 0 heterocycles. The smallest absolute Gasteiger partial charge is 0.0596 e. The highest BCUT2D eigenvalue weighted by Crippen LogP contribution is 2.65. The summed E-state index contributed by atoms with van der Waals surface area (Å²) in [6, 6.07) is 0. The third-order valence-electron chi connectivity index (χ3n) is 8.07. The van der Waals surface area contributed by atoms with Crippen LogP contribution in [0.5, 0.6) is 0 Å². The fourth-order valence-corrected chi connectivity index (χ4v) is 6.79. The second kappa shape index (κ2) is 4.35. The zero-order valence-electron chi connectivity index (χ0n) is 13.1. The molecule has 112 valence electrons. The highest BCUT2D eigenvalue weighted by molar-refractivity contribution is 5.15. The summed E-state index contributed by atoms with van der Waals surface area (Å²) in [4.78, 5) is 0. The Kier molecular flexibility index (Phi) is 2.91. The predicted octanol–water partition coefficient (Wildman–Crippen LogP) is 4.56. The monoisotopic (exact) mass is 274 g/mol. The Morgan fingerprint density at radius 2 is 1.80 bits per heavy atom. The van der Waals surface area contributed by atoms with Gasteiger partial charge in [0.25, 0.3) is 0 Å². The molecule has 20 heavy (non-hydrogen) atoms. The van der Waals surface area contributed by atoms with Gasteiger partial charge in [-0.2, -0.15) is 0 Å². The van der Waals surface area contributed by atoms with Crippen molar-refractivity contribution in [2.24, 2.45) is 34.5 Å². The lowest BCUT2D eigenvalue weighted by Crippen LogP contribution is -2.52. The molecule has 0 aromatic carbocycles. The minimum Gasteiger partial charge on any atom is -0.393 e. The van der Waals surface area contributed by atoms with E-state index in [9.17, 15) is 5.11 Å². The highest BCUT2D eigenvalue weighted by Gasteiger charge is 2.58. The molecule has 1 N–H and O–H groups in total. The molecule has 0 aromatic heterocycles. The Morgan fingerprint density at radius 1 is 0.950 bits per heavy atom. The van der Waals surface area contributed by atoms with Crippen LogP contribution in [0.2, 0.25) is 0 Å². The Hall–Kier alpha value is -0.300. The largest absolute Gasteiger partial charge is 0.393 e.